The van der Waals surface area contributed by atoms with Crippen LogP contribution < -0.4 is 5.32 Å². The lowest BCUT2D eigenvalue weighted by molar-refractivity contribution is -0.132. The van der Waals surface area contributed by atoms with Crippen molar-refractivity contribution in [2.45, 2.75) is 39.3 Å². The Morgan fingerprint density at radius 2 is 1.75 bits per heavy atom. The van der Waals surface area contributed by atoms with Crippen molar-refractivity contribution in [3.63, 3.8) is 0 Å². The highest BCUT2D eigenvalue weighted by atomic mass is 16.2. The van der Waals surface area contributed by atoms with Gasteiger partial charge in [0.2, 0.25) is 0 Å². The van der Waals surface area contributed by atoms with Gasteiger partial charge in [-0.1, -0.05) is 61.0 Å². The van der Waals surface area contributed by atoms with Crippen LogP contribution in [-0.4, -0.2) is 16.8 Å². The minimum absolute atomic E-state index is 0.179. The summed E-state index contributed by atoms with van der Waals surface area (Å²) in [5.41, 5.74) is 3.06. The first kappa shape index (κ1) is 16.2. The van der Waals surface area contributed by atoms with E-state index in [1.165, 1.54) is 4.90 Å². The van der Waals surface area contributed by atoms with Crippen molar-refractivity contribution in [2.75, 3.05) is 0 Å². The maximum atomic E-state index is 13.1. The fourth-order valence-corrected chi connectivity index (χ4v) is 3.27. The zero-order valence-electron chi connectivity index (χ0n) is 14.3. The van der Waals surface area contributed by atoms with E-state index in [9.17, 15) is 9.59 Å². The quantitative estimate of drug-likeness (QED) is 0.873. The van der Waals surface area contributed by atoms with Crippen molar-refractivity contribution in [1.29, 1.82) is 0 Å². The number of amides is 3. The Morgan fingerprint density at radius 3 is 2.42 bits per heavy atom. The van der Waals surface area contributed by atoms with E-state index in [1.54, 1.807) is 0 Å². The van der Waals surface area contributed by atoms with E-state index in [-0.39, 0.29) is 11.9 Å². The van der Waals surface area contributed by atoms with Crippen LogP contribution in [0.1, 0.15) is 35.6 Å². The Hall–Kier alpha value is -2.62. The molecule has 1 fully saturated rings. The van der Waals surface area contributed by atoms with Crippen LogP contribution in [0.25, 0.3) is 0 Å². The zero-order valence-corrected chi connectivity index (χ0v) is 14.3. The summed E-state index contributed by atoms with van der Waals surface area (Å²) in [7, 11) is 0. The Kier molecular flexibility index (Phi) is 4.14. The topological polar surface area (TPSA) is 49.4 Å². The van der Waals surface area contributed by atoms with E-state index < -0.39 is 5.54 Å². The highest BCUT2D eigenvalue weighted by Gasteiger charge is 2.51. The minimum Gasteiger partial charge on any atom is -0.319 e. The Bertz CT molecular complexity index is 785. The molecular weight excluding hydrogens is 300 g/mol. The molecule has 2 aromatic carbocycles. The maximum absolute atomic E-state index is 13.1. The number of nitrogens with one attached hydrogen (secondary N) is 1. The summed E-state index contributed by atoms with van der Waals surface area (Å²) >= 11 is 0. The van der Waals surface area contributed by atoms with Crippen LogP contribution in [0.3, 0.4) is 0 Å². The second-order valence-electron chi connectivity index (χ2n) is 6.38. The van der Waals surface area contributed by atoms with Gasteiger partial charge in [0.25, 0.3) is 5.91 Å². The van der Waals surface area contributed by atoms with Crippen molar-refractivity contribution in [1.82, 2.24) is 10.2 Å². The number of carbonyl (C=O) groups is 2. The predicted octanol–water partition coefficient (Wildman–Crippen LogP) is 3.66. The van der Waals surface area contributed by atoms with Crippen LogP contribution in [0, 0.1) is 13.8 Å². The lowest BCUT2D eigenvalue weighted by atomic mass is 9.87. The molecule has 3 rings (SSSR count). The average molecular weight is 322 g/mol. The molecule has 1 N–H and O–H groups in total. The smallest absolute Gasteiger partial charge is 0.319 e. The Balaban J connectivity index is 1.95. The third-order valence-corrected chi connectivity index (χ3v) is 4.81. The van der Waals surface area contributed by atoms with Gasteiger partial charge in [0.05, 0.1) is 6.54 Å². The monoisotopic (exact) mass is 322 g/mol. The third kappa shape index (κ3) is 2.58. The van der Waals surface area contributed by atoms with E-state index in [1.807, 2.05) is 69.3 Å². The normalized spacial score (nSPS) is 20.4. The Morgan fingerprint density at radius 1 is 1.04 bits per heavy atom. The third-order valence-electron chi connectivity index (χ3n) is 4.81. The first-order valence-corrected chi connectivity index (χ1v) is 8.23. The molecule has 4 heteroatoms. The first-order chi connectivity index (χ1) is 11.5. The molecule has 3 amide bonds. The van der Waals surface area contributed by atoms with Gasteiger partial charge in [-0.2, -0.15) is 0 Å². The molecule has 0 aliphatic carbocycles. The lowest BCUT2D eigenvalue weighted by Crippen LogP contribution is -2.43. The summed E-state index contributed by atoms with van der Waals surface area (Å²) in [4.78, 5) is 27.0. The second kappa shape index (κ2) is 6.11. The number of carbonyl (C=O) groups excluding carboxylic acids is 2. The van der Waals surface area contributed by atoms with Crippen LogP contribution >= 0.6 is 0 Å². The summed E-state index contributed by atoms with van der Waals surface area (Å²) in [6.45, 7) is 6.23. The molecular formula is C20H22N2O2. The number of hydrogen-bond donors (Lipinski definition) is 1. The van der Waals surface area contributed by atoms with E-state index >= 15 is 0 Å². The van der Waals surface area contributed by atoms with E-state index in [0.29, 0.717) is 13.0 Å². The van der Waals surface area contributed by atoms with E-state index in [0.717, 1.165) is 22.3 Å². The van der Waals surface area contributed by atoms with Crippen LogP contribution in [0.4, 0.5) is 4.79 Å². The van der Waals surface area contributed by atoms with Gasteiger partial charge in [0.15, 0.2) is 0 Å². The molecule has 0 bridgehead atoms. The van der Waals surface area contributed by atoms with Crippen LogP contribution in [0.2, 0.25) is 0 Å². The van der Waals surface area contributed by atoms with Crippen LogP contribution in [0.15, 0.2) is 48.5 Å². The molecule has 2 aromatic rings. The second-order valence-corrected chi connectivity index (χ2v) is 6.38. The summed E-state index contributed by atoms with van der Waals surface area (Å²) < 4.78 is 0. The van der Waals surface area contributed by atoms with Crippen molar-refractivity contribution in [3.05, 3.63) is 70.8 Å². The predicted molar refractivity (Wildman–Crippen MR) is 93.4 cm³/mol. The molecule has 1 unspecified atom stereocenters. The molecule has 0 radical (unpaired) electrons. The largest absolute Gasteiger partial charge is 0.325 e. The fourth-order valence-electron chi connectivity index (χ4n) is 3.27. The highest BCUT2D eigenvalue weighted by Crippen LogP contribution is 2.33. The molecule has 1 aliphatic heterocycles. The van der Waals surface area contributed by atoms with Gasteiger partial charge < -0.3 is 5.32 Å². The number of benzene rings is 2. The first-order valence-electron chi connectivity index (χ1n) is 8.23. The van der Waals surface area contributed by atoms with Crippen molar-refractivity contribution in [2.24, 2.45) is 0 Å². The van der Waals surface area contributed by atoms with Crippen molar-refractivity contribution >= 4 is 11.9 Å². The molecule has 0 saturated carbocycles. The van der Waals surface area contributed by atoms with E-state index in [4.69, 9.17) is 0 Å². The minimum atomic E-state index is -0.962. The average Bonchev–Trinajstić information content (AvgIpc) is 2.84. The summed E-state index contributed by atoms with van der Waals surface area (Å²) in [6.07, 6.45) is 0.519. The molecule has 4 nitrogen and oxygen atoms in total. The van der Waals surface area contributed by atoms with Gasteiger partial charge in [-0.3, -0.25) is 9.69 Å². The number of hydrogen-bond acceptors (Lipinski definition) is 2. The van der Waals surface area contributed by atoms with Crippen LogP contribution in [-0.2, 0) is 16.9 Å². The fraction of sp³-hybridized carbons (Fsp3) is 0.300. The van der Waals surface area contributed by atoms with Gasteiger partial charge in [0, 0.05) is 0 Å². The van der Waals surface area contributed by atoms with Gasteiger partial charge in [-0.25, -0.2) is 4.79 Å². The van der Waals surface area contributed by atoms with E-state index in [2.05, 4.69) is 5.32 Å². The SMILES string of the molecule is CCC1(c2ccccc2)NC(=O)N(Cc2cc(C)ccc2C)C1=O. The number of imide groups is 1. The standard InChI is InChI=1S/C20H22N2O2/c1-4-20(17-8-6-5-7-9-17)18(23)22(19(24)21-20)13-16-12-14(2)10-11-15(16)3/h5-12H,4,13H2,1-3H3,(H,21,24). The summed E-state index contributed by atoms with van der Waals surface area (Å²) in [6, 6.07) is 15.2. The number of aryl methyl sites for hydroxylation is 2. The number of rotatable bonds is 4. The molecule has 0 spiro atoms. The molecule has 0 aromatic heterocycles. The van der Waals surface area contributed by atoms with Crippen molar-refractivity contribution < 1.29 is 9.59 Å². The number of nitrogens with zero attached hydrogens (tertiary/aromatic N) is 1. The van der Waals surface area contributed by atoms with Crippen LogP contribution in [0.5, 0.6) is 0 Å². The molecule has 124 valence electrons. The molecule has 1 heterocycles. The zero-order chi connectivity index (χ0) is 17.3. The van der Waals surface area contributed by atoms with Gasteiger partial charge in [0.1, 0.15) is 5.54 Å². The molecule has 1 atom stereocenters. The Labute approximate surface area is 142 Å². The lowest BCUT2D eigenvalue weighted by Gasteiger charge is -2.26. The summed E-state index contributed by atoms with van der Waals surface area (Å²) in [5.74, 6) is -0.179. The maximum Gasteiger partial charge on any atom is 0.325 e. The molecule has 1 aliphatic rings. The van der Waals surface area contributed by atoms with Gasteiger partial charge >= 0.3 is 6.03 Å². The number of urea groups is 1. The molecule has 1 saturated heterocycles. The van der Waals surface area contributed by atoms with Crippen molar-refractivity contribution in [3.8, 4) is 0 Å². The van der Waals surface area contributed by atoms with Gasteiger partial charge in [-0.15, -0.1) is 0 Å². The highest BCUT2D eigenvalue weighted by molar-refractivity contribution is 6.07. The molecule has 24 heavy (non-hydrogen) atoms. The summed E-state index contributed by atoms with van der Waals surface area (Å²) in [5, 5.41) is 2.92. The van der Waals surface area contributed by atoms with Gasteiger partial charge in [-0.05, 0) is 37.0 Å².